The first-order valence-corrected chi connectivity index (χ1v) is 12.9. The summed E-state index contributed by atoms with van der Waals surface area (Å²) < 4.78 is 5.94. The van der Waals surface area contributed by atoms with Crippen LogP contribution in [-0.4, -0.2) is 29.9 Å². The fraction of sp³-hybridized carbons (Fsp3) is 0.355. The third-order valence-electron chi connectivity index (χ3n) is 6.91. The molecule has 0 saturated carbocycles. The van der Waals surface area contributed by atoms with E-state index in [0.29, 0.717) is 24.3 Å². The van der Waals surface area contributed by atoms with Crippen molar-refractivity contribution in [2.24, 2.45) is 0 Å². The molecule has 1 aliphatic rings. The fourth-order valence-electron chi connectivity index (χ4n) is 4.97. The van der Waals surface area contributed by atoms with Crippen LogP contribution in [0.3, 0.4) is 0 Å². The van der Waals surface area contributed by atoms with Crippen LogP contribution in [0, 0.1) is 0 Å². The normalized spacial score (nSPS) is 12.8. The van der Waals surface area contributed by atoms with Gasteiger partial charge in [-0.05, 0) is 90.6 Å². The van der Waals surface area contributed by atoms with E-state index >= 15 is 0 Å². The molecule has 3 aromatic carbocycles. The molecule has 0 bridgehead atoms. The Kier molecular flexibility index (Phi) is 8.02. The zero-order valence-electron chi connectivity index (χ0n) is 21.1. The van der Waals surface area contributed by atoms with Crippen molar-refractivity contribution in [1.82, 2.24) is 4.90 Å². The number of benzene rings is 3. The first-order chi connectivity index (χ1) is 17.1. The number of hydrogen-bond acceptors (Lipinski definition) is 3. The third-order valence-corrected chi connectivity index (χ3v) is 6.91. The largest absolute Gasteiger partial charge is 0.494 e. The lowest BCUT2D eigenvalue weighted by Gasteiger charge is -2.15. The molecule has 0 atom stereocenters. The lowest BCUT2D eigenvalue weighted by atomic mass is 9.91. The Bertz CT molecular complexity index is 1140. The average Bonchev–Trinajstić information content (AvgIpc) is 3.14. The van der Waals surface area contributed by atoms with Crippen LogP contribution < -0.4 is 4.74 Å². The first-order valence-electron chi connectivity index (χ1n) is 12.9. The molecule has 0 spiro atoms. The molecule has 35 heavy (non-hydrogen) atoms. The Morgan fingerprint density at radius 2 is 1.29 bits per heavy atom. The lowest BCUT2D eigenvalue weighted by molar-refractivity contribution is 0.0651. The predicted molar refractivity (Wildman–Crippen MR) is 141 cm³/mol. The zero-order valence-corrected chi connectivity index (χ0v) is 21.1. The van der Waals surface area contributed by atoms with Crippen LogP contribution >= 0.6 is 0 Å². The molecule has 0 unspecified atom stereocenters. The quantitative estimate of drug-likeness (QED) is 0.227. The second-order valence-electron chi connectivity index (χ2n) is 9.07. The number of nitrogens with zero attached hydrogens (tertiary/aromatic N) is 1. The van der Waals surface area contributed by atoms with Gasteiger partial charge in [0.25, 0.3) is 11.8 Å². The Labute approximate surface area is 208 Å². The van der Waals surface area contributed by atoms with Crippen molar-refractivity contribution in [2.75, 3.05) is 13.2 Å². The summed E-state index contributed by atoms with van der Waals surface area (Å²) >= 11 is 0. The number of carbonyl (C=O) groups is 2. The number of carbonyl (C=O) groups excluding carboxylic acids is 2. The number of fused-ring (bicyclic) bond motifs is 1. The minimum Gasteiger partial charge on any atom is -0.494 e. The van der Waals surface area contributed by atoms with Gasteiger partial charge >= 0.3 is 0 Å². The van der Waals surface area contributed by atoms with Gasteiger partial charge in [-0.1, -0.05) is 57.2 Å². The SMILES string of the molecule is CCc1cc(-c2ccc(OCCCCCN3C(=O)c4ccccc4C3=O)cc2)cc(CC)c1CC. The lowest BCUT2D eigenvalue weighted by Crippen LogP contribution is -2.30. The van der Waals surface area contributed by atoms with E-state index in [9.17, 15) is 9.59 Å². The second kappa shape index (κ2) is 11.4. The molecule has 1 aliphatic heterocycles. The summed E-state index contributed by atoms with van der Waals surface area (Å²) in [6, 6.07) is 20.1. The molecule has 0 aromatic heterocycles. The van der Waals surface area contributed by atoms with Crippen LogP contribution in [0.5, 0.6) is 5.75 Å². The summed E-state index contributed by atoms with van der Waals surface area (Å²) in [6.45, 7) is 7.77. The number of ether oxygens (including phenoxy) is 1. The van der Waals surface area contributed by atoms with Crippen molar-refractivity contribution >= 4 is 11.8 Å². The van der Waals surface area contributed by atoms with E-state index in [2.05, 4.69) is 45.0 Å². The summed E-state index contributed by atoms with van der Waals surface area (Å²) in [5.41, 5.74) is 7.92. The van der Waals surface area contributed by atoms with Crippen molar-refractivity contribution in [3.8, 4) is 16.9 Å². The molecular formula is C31H35NO3. The van der Waals surface area contributed by atoms with Crippen molar-refractivity contribution in [2.45, 2.75) is 59.3 Å². The van der Waals surface area contributed by atoms with E-state index < -0.39 is 0 Å². The molecule has 4 heteroatoms. The number of amides is 2. The third kappa shape index (κ3) is 5.32. The van der Waals surface area contributed by atoms with Crippen molar-refractivity contribution in [1.29, 1.82) is 0 Å². The molecule has 0 saturated heterocycles. The topological polar surface area (TPSA) is 46.6 Å². The molecule has 0 fully saturated rings. The number of hydrogen-bond donors (Lipinski definition) is 0. The second-order valence-corrected chi connectivity index (χ2v) is 9.07. The monoisotopic (exact) mass is 469 g/mol. The van der Waals surface area contributed by atoms with E-state index in [1.165, 1.54) is 32.7 Å². The van der Waals surface area contributed by atoms with Crippen molar-refractivity contribution in [3.63, 3.8) is 0 Å². The standard InChI is InChI=1S/C31H35NO3/c1-4-22-20-25(21-23(5-2)27(22)6-3)24-14-16-26(17-15-24)35-19-11-7-10-18-32-30(33)28-12-8-9-13-29(28)31(32)34/h8-9,12-17,20-21H,4-7,10-11,18-19H2,1-3H3. The number of aryl methyl sites for hydroxylation is 2. The molecule has 1 heterocycles. The van der Waals surface area contributed by atoms with Gasteiger partial charge in [0, 0.05) is 6.54 Å². The Balaban J connectivity index is 1.25. The molecular weight excluding hydrogens is 434 g/mol. The van der Waals surface area contributed by atoms with Crippen LogP contribution in [0.2, 0.25) is 0 Å². The van der Waals surface area contributed by atoms with Gasteiger partial charge in [-0.2, -0.15) is 0 Å². The number of unbranched alkanes of at least 4 members (excludes halogenated alkanes) is 2. The number of imide groups is 1. The Morgan fingerprint density at radius 1 is 0.686 bits per heavy atom. The van der Waals surface area contributed by atoms with Gasteiger partial charge in [0.2, 0.25) is 0 Å². The van der Waals surface area contributed by atoms with E-state index in [4.69, 9.17) is 4.74 Å². The van der Waals surface area contributed by atoms with Crippen molar-refractivity contribution < 1.29 is 14.3 Å². The van der Waals surface area contributed by atoms with Crippen LogP contribution in [0.1, 0.15) is 77.4 Å². The van der Waals surface area contributed by atoms with E-state index in [-0.39, 0.29) is 11.8 Å². The molecule has 0 radical (unpaired) electrons. The van der Waals surface area contributed by atoms with Crippen LogP contribution in [-0.2, 0) is 19.3 Å². The number of rotatable bonds is 11. The summed E-state index contributed by atoms with van der Waals surface area (Å²) in [6.07, 6.45) is 5.74. The summed E-state index contributed by atoms with van der Waals surface area (Å²) in [5, 5.41) is 0. The fourth-order valence-corrected chi connectivity index (χ4v) is 4.97. The first kappa shape index (κ1) is 24.7. The van der Waals surface area contributed by atoms with Crippen LogP contribution in [0.25, 0.3) is 11.1 Å². The van der Waals surface area contributed by atoms with Gasteiger partial charge in [-0.25, -0.2) is 0 Å². The molecule has 182 valence electrons. The highest BCUT2D eigenvalue weighted by atomic mass is 16.5. The smallest absolute Gasteiger partial charge is 0.261 e. The maximum Gasteiger partial charge on any atom is 0.261 e. The molecule has 3 aromatic rings. The zero-order chi connectivity index (χ0) is 24.8. The Morgan fingerprint density at radius 3 is 1.83 bits per heavy atom. The highest BCUT2D eigenvalue weighted by Crippen LogP contribution is 2.29. The molecule has 0 N–H and O–H groups in total. The van der Waals surface area contributed by atoms with E-state index in [1.807, 2.05) is 12.1 Å². The van der Waals surface area contributed by atoms with Gasteiger partial charge in [-0.3, -0.25) is 14.5 Å². The minimum absolute atomic E-state index is 0.177. The molecule has 2 amide bonds. The van der Waals surface area contributed by atoms with E-state index in [1.54, 1.807) is 24.3 Å². The molecule has 4 nitrogen and oxygen atoms in total. The highest BCUT2D eigenvalue weighted by molar-refractivity contribution is 6.21. The maximum atomic E-state index is 12.4. The van der Waals surface area contributed by atoms with Crippen LogP contribution in [0.15, 0.2) is 60.7 Å². The average molecular weight is 470 g/mol. The maximum absolute atomic E-state index is 12.4. The van der Waals surface area contributed by atoms with Crippen LogP contribution in [0.4, 0.5) is 0 Å². The summed E-state index contributed by atoms with van der Waals surface area (Å²) in [7, 11) is 0. The van der Waals surface area contributed by atoms with Gasteiger partial charge in [-0.15, -0.1) is 0 Å². The minimum atomic E-state index is -0.177. The summed E-state index contributed by atoms with van der Waals surface area (Å²) in [4.78, 5) is 26.2. The Hall–Kier alpha value is -3.40. The van der Waals surface area contributed by atoms with Gasteiger partial charge in [0.05, 0.1) is 17.7 Å². The molecule has 0 aliphatic carbocycles. The molecule has 4 rings (SSSR count). The van der Waals surface area contributed by atoms with E-state index in [0.717, 1.165) is 44.3 Å². The highest BCUT2D eigenvalue weighted by Gasteiger charge is 2.34. The van der Waals surface area contributed by atoms with Gasteiger partial charge < -0.3 is 4.74 Å². The predicted octanol–water partition coefficient (Wildman–Crippen LogP) is 6.89. The van der Waals surface area contributed by atoms with Gasteiger partial charge in [0.1, 0.15) is 5.75 Å². The summed E-state index contributed by atoms with van der Waals surface area (Å²) in [5.74, 6) is 0.512. The van der Waals surface area contributed by atoms with Gasteiger partial charge in [0.15, 0.2) is 0 Å². The van der Waals surface area contributed by atoms with Crippen molar-refractivity contribution in [3.05, 3.63) is 88.5 Å².